The molecule has 1 heterocycles. The second-order valence-electron chi connectivity index (χ2n) is 5.47. The Bertz CT molecular complexity index is 583. The lowest BCUT2D eigenvalue weighted by Gasteiger charge is -2.35. The molecule has 2 rings (SSSR count). The molecule has 128 valence electrons. The highest BCUT2D eigenvalue weighted by atomic mass is 35.5. The molecule has 1 saturated heterocycles. The predicted molar refractivity (Wildman–Crippen MR) is 93.9 cm³/mol. The number of benzene rings is 1. The van der Waals surface area contributed by atoms with Gasteiger partial charge in [0.15, 0.2) is 11.6 Å². The Kier molecular flexibility index (Phi) is 9.18. The molecular formula is C16H22Cl2FN3O. The fourth-order valence-electron chi connectivity index (χ4n) is 2.70. The van der Waals surface area contributed by atoms with Crippen LogP contribution >= 0.6 is 24.8 Å². The summed E-state index contributed by atoms with van der Waals surface area (Å²) in [5.74, 6) is -1.11. The van der Waals surface area contributed by atoms with Crippen LogP contribution in [0.25, 0.3) is 0 Å². The van der Waals surface area contributed by atoms with Crippen LogP contribution in [0.1, 0.15) is 30.5 Å². The summed E-state index contributed by atoms with van der Waals surface area (Å²) in [4.78, 5) is 2.20. The smallest absolute Gasteiger partial charge is 0.166 e. The highest BCUT2D eigenvalue weighted by Crippen LogP contribution is 2.35. The Balaban J connectivity index is 0.00000242. The van der Waals surface area contributed by atoms with Gasteiger partial charge in [-0.05, 0) is 25.5 Å². The zero-order chi connectivity index (χ0) is 15.4. The maximum Gasteiger partial charge on any atom is 0.166 e. The van der Waals surface area contributed by atoms with Gasteiger partial charge in [0.05, 0.1) is 11.6 Å². The van der Waals surface area contributed by atoms with Crippen LogP contribution in [0, 0.1) is 17.1 Å². The predicted octanol–water partition coefficient (Wildman–Crippen LogP) is 3.16. The monoisotopic (exact) mass is 361 g/mol. The first-order valence-corrected chi connectivity index (χ1v) is 7.04. The maximum absolute atomic E-state index is 13.8. The van der Waals surface area contributed by atoms with Gasteiger partial charge in [-0.25, -0.2) is 4.39 Å². The number of aromatic hydroxyl groups is 1. The van der Waals surface area contributed by atoms with Gasteiger partial charge in [-0.2, -0.15) is 5.26 Å². The minimum Gasteiger partial charge on any atom is -0.505 e. The fraction of sp³-hybridized carbons (Fsp3) is 0.438. The van der Waals surface area contributed by atoms with E-state index in [2.05, 4.69) is 16.8 Å². The number of phenolic OH excluding ortho intramolecular Hbond substituents is 1. The summed E-state index contributed by atoms with van der Waals surface area (Å²) in [5.41, 5.74) is 1.65. The van der Waals surface area contributed by atoms with Gasteiger partial charge in [0.2, 0.25) is 0 Å². The molecule has 0 spiro atoms. The van der Waals surface area contributed by atoms with Crippen molar-refractivity contribution < 1.29 is 9.50 Å². The van der Waals surface area contributed by atoms with Crippen LogP contribution in [-0.4, -0.2) is 36.2 Å². The molecule has 1 aliphatic rings. The summed E-state index contributed by atoms with van der Waals surface area (Å²) < 4.78 is 13.8. The second-order valence-corrected chi connectivity index (χ2v) is 5.47. The topological polar surface area (TPSA) is 59.3 Å². The van der Waals surface area contributed by atoms with E-state index in [1.54, 1.807) is 6.07 Å². The molecule has 1 fully saturated rings. The molecular weight excluding hydrogens is 340 g/mol. The van der Waals surface area contributed by atoms with Gasteiger partial charge >= 0.3 is 0 Å². The van der Waals surface area contributed by atoms with E-state index in [0.29, 0.717) is 12.0 Å². The number of hydrogen-bond acceptors (Lipinski definition) is 4. The number of nitriles is 1. The summed E-state index contributed by atoms with van der Waals surface area (Å²) in [6.45, 7) is 9.18. The Hall–Kier alpha value is -1.32. The zero-order valence-corrected chi connectivity index (χ0v) is 14.6. The lowest BCUT2D eigenvalue weighted by atomic mass is 9.95. The molecule has 2 N–H and O–H groups in total. The van der Waals surface area contributed by atoms with Crippen molar-refractivity contribution in [2.75, 3.05) is 26.2 Å². The number of hydrogen-bond donors (Lipinski definition) is 2. The van der Waals surface area contributed by atoms with Gasteiger partial charge in [-0.3, -0.25) is 4.90 Å². The molecule has 0 bridgehead atoms. The van der Waals surface area contributed by atoms with Crippen molar-refractivity contribution >= 4 is 24.8 Å². The van der Waals surface area contributed by atoms with E-state index in [9.17, 15) is 9.50 Å². The molecule has 0 amide bonds. The van der Waals surface area contributed by atoms with Crippen molar-refractivity contribution in [1.82, 2.24) is 10.2 Å². The highest BCUT2D eigenvalue weighted by Gasteiger charge is 2.26. The standard InChI is InChI=1S/C16H20FN3O.2ClH/c1-11(2)7-15(20-5-3-19-4-6-20)13-8-12(10-18)9-14(17)16(13)21;;/h8-9,15,19,21H,1,3-7H2,2H3;2*1H/t15-;;/m1../s1. The molecule has 1 atom stereocenters. The van der Waals surface area contributed by atoms with Crippen molar-refractivity contribution in [3.05, 3.63) is 41.2 Å². The number of halogens is 3. The van der Waals surface area contributed by atoms with Crippen LogP contribution < -0.4 is 5.32 Å². The van der Waals surface area contributed by atoms with Crippen molar-refractivity contribution in [3.63, 3.8) is 0 Å². The third kappa shape index (κ3) is 5.36. The molecule has 0 radical (unpaired) electrons. The third-order valence-electron chi connectivity index (χ3n) is 3.72. The molecule has 7 heteroatoms. The first-order valence-electron chi connectivity index (χ1n) is 7.04. The van der Waals surface area contributed by atoms with Gasteiger partial charge in [0.25, 0.3) is 0 Å². The summed E-state index contributed by atoms with van der Waals surface area (Å²) in [5, 5.41) is 22.4. The van der Waals surface area contributed by atoms with Gasteiger partial charge < -0.3 is 10.4 Å². The Morgan fingerprint density at radius 3 is 2.57 bits per heavy atom. The zero-order valence-electron chi connectivity index (χ0n) is 13.0. The van der Waals surface area contributed by atoms with Gasteiger partial charge in [0.1, 0.15) is 0 Å². The number of phenols is 1. The summed E-state index contributed by atoms with van der Waals surface area (Å²) in [6, 6.07) is 4.42. The van der Waals surface area contributed by atoms with E-state index in [0.717, 1.165) is 37.8 Å². The molecule has 4 nitrogen and oxygen atoms in total. The van der Waals surface area contributed by atoms with E-state index in [-0.39, 0.29) is 42.2 Å². The number of nitrogens with one attached hydrogen (secondary N) is 1. The van der Waals surface area contributed by atoms with E-state index in [4.69, 9.17) is 5.26 Å². The molecule has 0 aliphatic carbocycles. The molecule has 1 aromatic rings. The average molecular weight is 362 g/mol. The highest BCUT2D eigenvalue weighted by molar-refractivity contribution is 5.85. The minimum absolute atomic E-state index is 0. The molecule has 1 aromatic carbocycles. The lowest BCUT2D eigenvalue weighted by molar-refractivity contribution is 0.169. The normalized spacial score (nSPS) is 15.7. The van der Waals surface area contributed by atoms with Gasteiger partial charge in [0, 0.05) is 37.8 Å². The average Bonchev–Trinajstić information content (AvgIpc) is 2.48. The Labute approximate surface area is 148 Å². The maximum atomic E-state index is 13.8. The summed E-state index contributed by atoms with van der Waals surface area (Å²) in [6.07, 6.45) is 0.627. The van der Waals surface area contributed by atoms with Crippen molar-refractivity contribution in [1.29, 1.82) is 5.26 Å². The van der Waals surface area contributed by atoms with E-state index in [1.807, 2.05) is 13.0 Å². The first-order chi connectivity index (χ1) is 10.0. The van der Waals surface area contributed by atoms with Crippen LogP contribution in [0.5, 0.6) is 5.75 Å². The van der Waals surface area contributed by atoms with Crippen LogP contribution in [0.2, 0.25) is 0 Å². The quantitative estimate of drug-likeness (QED) is 0.808. The van der Waals surface area contributed by atoms with Crippen LogP contribution in [0.3, 0.4) is 0 Å². The molecule has 1 aliphatic heterocycles. The van der Waals surface area contributed by atoms with E-state index in [1.165, 1.54) is 0 Å². The third-order valence-corrected chi connectivity index (χ3v) is 3.72. The number of piperazine rings is 1. The Morgan fingerprint density at radius 1 is 1.43 bits per heavy atom. The van der Waals surface area contributed by atoms with Crippen molar-refractivity contribution in [3.8, 4) is 11.8 Å². The molecule has 23 heavy (non-hydrogen) atoms. The van der Waals surface area contributed by atoms with Crippen molar-refractivity contribution in [2.24, 2.45) is 0 Å². The largest absolute Gasteiger partial charge is 0.505 e. The second kappa shape index (κ2) is 9.74. The van der Waals surface area contributed by atoms with Crippen LogP contribution in [-0.2, 0) is 0 Å². The summed E-state index contributed by atoms with van der Waals surface area (Å²) in [7, 11) is 0. The number of nitrogens with zero attached hydrogens (tertiary/aromatic N) is 2. The minimum atomic E-state index is -0.745. The SMILES string of the molecule is C=C(C)C[C@H](c1cc(C#N)cc(F)c1O)N1CCNCC1.Cl.Cl. The molecule has 0 saturated carbocycles. The van der Waals surface area contributed by atoms with E-state index < -0.39 is 5.82 Å². The Morgan fingerprint density at radius 2 is 2.04 bits per heavy atom. The van der Waals surface area contributed by atoms with E-state index >= 15 is 0 Å². The van der Waals surface area contributed by atoms with Gasteiger partial charge in [-0.15, -0.1) is 31.4 Å². The number of rotatable bonds is 4. The van der Waals surface area contributed by atoms with Crippen molar-refractivity contribution in [2.45, 2.75) is 19.4 Å². The lowest BCUT2D eigenvalue weighted by Crippen LogP contribution is -2.45. The summed E-state index contributed by atoms with van der Waals surface area (Å²) >= 11 is 0. The molecule has 0 unspecified atom stereocenters. The first kappa shape index (κ1) is 21.7. The fourth-order valence-corrected chi connectivity index (χ4v) is 2.70. The van der Waals surface area contributed by atoms with Gasteiger partial charge in [-0.1, -0.05) is 5.57 Å². The van der Waals surface area contributed by atoms with Crippen LogP contribution in [0.4, 0.5) is 4.39 Å². The molecule has 0 aromatic heterocycles. The van der Waals surface area contributed by atoms with Crippen LogP contribution in [0.15, 0.2) is 24.3 Å².